The van der Waals surface area contributed by atoms with Gasteiger partial charge in [-0.05, 0) is 18.6 Å². The molecule has 0 unspecified atom stereocenters. The zero-order valence-electron chi connectivity index (χ0n) is 7.20. The van der Waals surface area contributed by atoms with Crippen LogP contribution < -0.4 is 0 Å². The summed E-state index contributed by atoms with van der Waals surface area (Å²) < 4.78 is 23.0. The lowest BCUT2D eigenvalue weighted by Gasteiger charge is -2.03. The fraction of sp³-hybridized carbons (Fsp3) is 0.375. The predicted molar refractivity (Wildman–Crippen MR) is 51.7 cm³/mol. The van der Waals surface area contributed by atoms with Crippen LogP contribution in [0.3, 0.4) is 0 Å². The van der Waals surface area contributed by atoms with Crippen molar-refractivity contribution in [1.82, 2.24) is 4.98 Å². The molecule has 0 bridgehead atoms. The van der Waals surface area contributed by atoms with Gasteiger partial charge in [0.05, 0.1) is 5.75 Å². The number of rotatable bonds is 3. The molecule has 0 aromatic carbocycles. The highest BCUT2D eigenvalue weighted by molar-refractivity contribution is 7.91. The molecule has 0 fully saturated rings. The molecule has 0 N–H and O–H groups in total. The average molecular weight is 220 g/mol. The van der Waals surface area contributed by atoms with E-state index in [2.05, 4.69) is 4.98 Å². The topological polar surface area (TPSA) is 47.0 Å². The van der Waals surface area contributed by atoms with Gasteiger partial charge in [-0.1, -0.05) is 6.07 Å². The van der Waals surface area contributed by atoms with Gasteiger partial charge in [0.2, 0.25) is 0 Å². The van der Waals surface area contributed by atoms with Crippen molar-refractivity contribution in [3.05, 3.63) is 23.9 Å². The summed E-state index contributed by atoms with van der Waals surface area (Å²) in [4.78, 5) is 3.82. The third-order valence-electron chi connectivity index (χ3n) is 1.60. The molecule has 1 aromatic heterocycles. The van der Waals surface area contributed by atoms with Crippen LogP contribution in [0.5, 0.6) is 0 Å². The molecule has 0 amide bonds. The summed E-state index contributed by atoms with van der Waals surface area (Å²) in [5.74, 6) is 0.0325. The Morgan fingerprint density at radius 2 is 2.23 bits per heavy atom. The largest absolute Gasteiger partial charge is 0.244 e. The third-order valence-corrected chi connectivity index (χ3v) is 3.77. The molecule has 0 spiro atoms. The Labute approximate surface area is 82.7 Å². The van der Waals surface area contributed by atoms with Gasteiger partial charge >= 0.3 is 0 Å². The second kappa shape index (κ2) is 4.07. The van der Waals surface area contributed by atoms with Gasteiger partial charge in [0.25, 0.3) is 0 Å². The Hall–Kier alpha value is -0.610. The lowest BCUT2D eigenvalue weighted by molar-refractivity contribution is 0.593. The molecule has 72 valence electrons. The van der Waals surface area contributed by atoms with Crippen LogP contribution in [0.25, 0.3) is 0 Å². The van der Waals surface area contributed by atoms with Gasteiger partial charge in [0, 0.05) is 12.1 Å². The van der Waals surface area contributed by atoms with E-state index in [0.29, 0.717) is 5.56 Å². The van der Waals surface area contributed by atoms with Gasteiger partial charge < -0.3 is 0 Å². The quantitative estimate of drug-likeness (QED) is 0.722. The molecule has 1 heterocycles. The van der Waals surface area contributed by atoms with Crippen LogP contribution in [0.15, 0.2) is 23.4 Å². The van der Waals surface area contributed by atoms with Crippen LogP contribution in [-0.2, 0) is 9.84 Å². The van der Waals surface area contributed by atoms with E-state index in [-0.39, 0.29) is 16.7 Å². The number of alkyl halides is 1. The Balaban J connectivity index is 3.15. The first-order chi connectivity index (χ1) is 6.08. The van der Waals surface area contributed by atoms with Crippen molar-refractivity contribution < 1.29 is 8.42 Å². The predicted octanol–water partition coefficient (Wildman–Crippen LogP) is 1.40. The van der Waals surface area contributed by atoms with E-state index in [1.807, 2.05) is 0 Å². The average Bonchev–Trinajstić information content (AvgIpc) is 2.04. The minimum Gasteiger partial charge on any atom is -0.244 e. The number of sulfone groups is 1. The van der Waals surface area contributed by atoms with Crippen molar-refractivity contribution in [2.45, 2.75) is 11.9 Å². The van der Waals surface area contributed by atoms with Gasteiger partial charge in [-0.2, -0.15) is 0 Å². The van der Waals surface area contributed by atoms with Crippen LogP contribution in [0.4, 0.5) is 0 Å². The summed E-state index contributed by atoms with van der Waals surface area (Å²) in [6.07, 6.45) is 1.47. The number of hydrogen-bond donors (Lipinski definition) is 0. The Morgan fingerprint density at radius 3 is 2.77 bits per heavy atom. The van der Waals surface area contributed by atoms with Crippen molar-refractivity contribution in [2.24, 2.45) is 0 Å². The molecule has 5 heteroatoms. The highest BCUT2D eigenvalue weighted by Crippen LogP contribution is 2.12. The molecule has 0 radical (unpaired) electrons. The summed E-state index contributed by atoms with van der Waals surface area (Å²) in [7, 11) is -3.28. The lowest BCUT2D eigenvalue weighted by atomic mass is 10.3. The Morgan fingerprint density at radius 1 is 1.54 bits per heavy atom. The maximum absolute atomic E-state index is 11.5. The summed E-state index contributed by atoms with van der Waals surface area (Å²) in [6, 6.07) is 3.42. The summed E-state index contributed by atoms with van der Waals surface area (Å²) in [5.41, 5.74) is 0.660. The first kappa shape index (κ1) is 10.5. The number of hydrogen-bond acceptors (Lipinski definition) is 3. The summed E-state index contributed by atoms with van der Waals surface area (Å²) in [5, 5.41) is 0.135. The third kappa shape index (κ3) is 2.42. The summed E-state index contributed by atoms with van der Waals surface area (Å²) in [6.45, 7) is 1.72. The van der Waals surface area contributed by atoms with Crippen LogP contribution in [-0.4, -0.2) is 25.0 Å². The monoisotopic (exact) mass is 219 g/mol. The van der Waals surface area contributed by atoms with E-state index >= 15 is 0 Å². The normalized spacial score (nSPS) is 11.5. The maximum Gasteiger partial charge on any atom is 0.197 e. The van der Waals surface area contributed by atoms with Crippen molar-refractivity contribution >= 4 is 21.4 Å². The number of nitrogens with zero attached hydrogens (tertiary/aromatic N) is 1. The van der Waals surface area contributed by atoms with Gasteiger partial charge in [-0.15, -0.1) is 11.6 Å². The number of aromatic nitrogens is 1. The van der Waals surface area contributed by atoms with Gasteiger partial charge in [-0.3, -0.25) is 0 Å². The Kier molecular flexibility index (Phi) is 3.27. The van der Waals surface area contributed by atoms with Gasteiger partial charge in [0.1, 0.15) is 0 Å². The van der Waals surface area contributed by atoms with Crippen molar-refractivity contribution in [3.8, 4) is 0 Å². The van der Waals surface area contributed by atoms with E-state index in [1.54, 1.807) is 19.1 Å². The highest BCUT2D eigenvalue weighted by atomic mass is 35.5. The zero-order valence-corrected chi connectivity index (χ0v) is 8.77. The molecule has 1 rings (SSSR count). The summed E-state index contributed by atoms with van der Waals surface area (Å²) >= 11 is 5.38. The zero-order chi connectivity index (χ0) is 9.90. The second-order valence-electron chi connectivity index (χ2n) is 2.63. The van der Waals surface area contributed by atoms with Gasteiger partial charge in [-0.25, -0.2) is 13.4 Å². The fourth-order valence-electron chi connectivity index (χ4n) is 0.995. The SMILES string of the molecule is Cc1cccnc1S(=O)(=O)CCCl. The van der Waals surface area contributed by atoms with E-state index < -0.39 is 9.84 Å². The van der Waals surface area contributed by atoms with Crippen LogP contribution in [0, 0.1) is 6.92 Å². The minimum atomic E-state index is -3.28. The van der Waals surface area contributed by atoms with Crippen LogP contribution in [0.2, 0.25) is 0 Å². The van der Waals surface area contributed by atoms with E-state index in [1.165, 1.54) is 6.20 Å². The number of pyridine rings is 1. The fourth-order valence-corrected chi connectivity index (χ4v) is 2.78. The van der Waals surface area contributed by atoms with E-state index in [4.69, 9.17) is 11.6 Å². The first-order valence-electron chi connectivity index (χ1n) is 3.78. The molecule has 1 aromatic rings. The Bertz CT molecular complexity index is 389. The molecule has 0 saturated carbocycles. The second-order valence-corrected chi connectivity index (χ2v) is 5.04. The minimum absolute atomic E-state index is 0.0631. The lowest BCUT2D eigenvalue weighted by Crippen LogP contribution is -2.11. The first-order valence-corrected chi connectivity index (χ1v) is 5.97. The van der Waals surface area contributed by atoms with E-state index in [0.717, 1.165) is 0 Å². The highest BCUT2D eigenvalue weighted by Gasteiger charge is 2.16. The molecular formula is C8H10ClNO2S. The van der Waals surface area contributed by atoms with Crippen molar-refractivity contribution in [3.63, 3.8) is 0 Å². The van der Waals surface area contributed by atoms with Gasteiger partial charge in [0.15, 0.2) is 14.9 Å². The molecular weight excluding hydrogens is 210 g/mol. The molecule has 0 aliphatic rings. The molecule has 0 atom stereocenters. The van der Waals surface area contributed by atoms with Crippen molar-refractivity contribution in [1.29, 1.82) is 0 Å². The van der Waals surface area contributed by atoms with E-state index in [9.17, 15) is 8.42 Å². The standard InChI is InChI=1S/C8H10ClNO2S/c1-7-3-2-5-10-8(7)13(11,12)6-4-9/h2-3,5H,4,6H2,1H3. The van der Waals surface area contributed by atoms with Crippen LogP contribution in [0.1, 0.15) is 5.56 Å². The van der Waals surface area contributed by atoms with Crippen molar-refractivity contribution in [2.75, 3.05) is 11.6 Å². The molecule has 3 nitrogen and oxygen atoms in total. The van der Waals surface area contributed by atoms with Crippen LogP contribution >= 0.6 is 11.6 Å². The number of halogens is 1. The maximum atomic E-state index is 11.5. The number of aryl methyl sites for hydroxylation is 1. The molecule has 0 saturated heterocycles. The molecule has 13 heavy (non-hydrogen) atoms. The smallest absolute Gasteiger partial charge is 0.197 e. The molecule has 0 aliphatic heterocycles. The molecule has 0 aliphatic carbocycles.